The summed E-state index contributed by atoms with van der Waals surface area (Å²) in [5.41, 5.74) is 12.0. The fourth-order valence-corrected chi connectivity index (χ4v) is 5.27. The van der Waals surface area contributed by atoms with Gasteiger partial charge in [-0.15, -0.1) is 0 Å². The molecule has 9 nitrogen and oxygen atoms in total. The van der Waals surface area contributed by atoms with Crippen LogP contribution >= 0.6 is 19.0 Å². The van der Waals surface area contributed by atoms with E-state index >= 15 is 0 Å². The standard InChI is InChI=1S/C24H25ClF2N5O4P/c1-13(33)18-11-31(20-8-16(37(28,29)36)5-6-17(18)20)12-22(34)32-10-15(26)7-21(32)24(35)30-9-14-3-2-4-19(25)23(14)27/h2-6,8,11,15,21H,7,9-10,12H2,1H3,(H,30,35)(H4,28,29,36)/t15-,21+/m1/s1. The van der Waals surface area contributed by atoms with Crippen LogP contribution in [0.5, 0.6) is 0 Å². The first-order valence-corrected chi connectivity index (χ1v) is 13.5. The Morgan fingerprint density at radius 2 is 1.95 bits per heavy atom. The van der Waals surface area contributed by atoms with Crippen LogP contribution < -0.4 is 21.6 Å². The molecule has 2 heterocycles. The first-order valence-electron chi connectivity index (χ1n) is 11.3. The third kappa shape index (κ3) is 5.60. The van der Waals surface area contributed by atoms with Crippen LogP contribution in [0.15, 0.2) is 42.6 Å². The lowest BCUT2D eigenvalue weighted by molar-refractivity contribution is -0.139. The Morgan fingerprint density at radius 1 is 1.22 bits per heavy atom. The van der Waals surface area contributed by atoms with Gasteiger partial charge in [0.1, 0.15) is 24.6 Å². The van der Waals surface area contributed by atoms with Gasteiger partial charge in [-0.1, -0.05) is 29.8 Å². The normalized spacial score (nSPS) is 17.8. The number of nitrogens with two attached hydrogens (primary N) is 2. The number of rotatable bonds is 7. The van der Waals surface area contributed by atoms with E-state index in [-0.39, 0.29) is 47.7 Å². The first kappa shape index (κ1) is 26.9. The fraction of sp³-hybridized carbons (Fsp3) is 0.292. The monoisotopic (exact) mass is 551 g/mol. The van der Waals surface area contributed by atoms with Crippen LogP contribution in [0, 0.1) is 5.82 Å². The second kappa shape index (κ2) is 10.3. The molecule has 5 N–H and O–H groups in total. The predicted octanol–water partition coefficient (Wildman–Crippen LogP) is 2.63. The van der Waals surface area contributed by atoms with Gasteiger partial charge in [0.2, 0.25) is 19.3 Å². The maximum atomic E-state index is 14.3. The van der Waals surface area contributed by atoms with Crippen LogP contribution in [0.3, 0.4) is 0 Å². The molecule has 0 unspecified atom stereocenters. The number of ketones is 1. The van der Waals surface area contributed by atoms with E-state index in [9.17, 15) is 27.7 Å². The van der Waals surface area contributed by atoms with E-state index in [0.29, 0.717) is 16.5 Å². The second-order valence-electron chi connectivity index (χ2n) is 8.96. The number of halogens is 3. The number of Topliss-reactive ketones (excluding diaryl/α,β-unsaturated/α-hetero) is 1. The third-order valence-electron chi connectivity index (χ3n) is 6.31. The molecule has 1 aliphatic heterocycles. The van der Waals surface area contributed by atoms with Gasteiger partial charge in [0.05, 0.1) is 17.1 Å². The van der Waals surface area contributed by atoms with E-state index in [0.717, 1.165) is 4.90 Å². The number of fused-ring (bicyclic) bond motifs is 1. The molecule has 0 radical (unpaired) electrons. The van der Waals surface area contributed by atoms with Gasteiger partial charge in [0, 0.05) is 41.0 Å². The lowest BCUT2D eigenvalue weighted by Crippen LogP contribution is -2.46. The maximum Gasteiger partial charge on any atom is 0.243 e. The summed E-state index contributed by atoms with van der Waals surface area (Å²) in [4.78, 5) is 39.4. The highest BCUT2D eigenvalue weighted by Crippen LogP contribution is 2.29. The van der Waals surface area contributed by atoms with Gasteiger partial charge in [-0.05, 0) is 25.1 Å². The number of likely N-dealkylation sites (tertiary alicyclic amines) is 1. The lowest BCUT2D eigenvalue weighted by Gasteiger charge is -2.24. The quantitative estimate of drug-likeness (QED) is 0.304. The Balaban J connectivity index is 1.57. The van der Waals surface area contributed by atoms with Gasteiger partial charge >= 0.3 is 0 Å². The van der Waals surface area contributed by atoms with Crippen LogP contribution in [-0.2, 0) is 27.2 Å². The summed E-state index contributed by atoms with van der Waals surface area (Å²) < 4.78 is 42.2. The van der Waals surface area contributed by atoms with Crippen LogP contribution in [0.25, 0.3) is 10.9 Å². The number of nitrogens with zero attached hydrogens (tertiary/aromatic N) is 2. The van der Waals surface area contributed by atoms with E-state index in [1.54, 1.807) is 6.07 Å². The van der Waals surface area contributed by atoms with Crippen LogP contribution in [0.4, 0.5) is 8.78 Å². The zero-order valence-electron chi connectivity index (χ0n) is 19.8. The zero-order chi connectivity index (χ0) is 27.1. The highest BCUT2D eigenvalue weighted by Gasteiger charge is 2.39. The minimum Gasteiger partial charge on any atom is -0.350 e. The molecule has 1 aliphatic rings. The number of carbonyl (C=O) groups is 3. The van der Waals surface area contributed by atoms with Crippen molar-refractivity contribution in [2.24, 2.45) is 11.0 Å². The van der Waals surface area contributed by atoms with E-state index in [4.69, 9.17) is 22.6 Å². The summed E-state index contributed by atoms with van der Waals surface area (Å²) in [5, 5.41) is 3.10. The van der Waals surface area contributed by atoms with Crippen molar-refractivity contribution in [3.05, 3.63) is 64.6 Å². The highest BCUT2D eigenvalue weighted by molar-refractivity contribution is 7.67. The van der Waals surface area contributed by atoms with Gasteiger partial charge in [-0.3, -0.25) is 30.0 Å². The molecule has 0 aliphatic carbocycles. The molecule has 2 aromatic carbocycles. The molecule has 4 rings (SSSR count). The average Bonchev–Trinajstić information content (AvgIpc) is 3.40. The molecule has 0 spiro atoms. The average molecular weight is 552 g/mol. The molecule has 2 atom stereocenters. The number of carbonyl (C=O) groups excluding carboxylic acids is 3. The Morgan fingerprint density at radius 3 is 2.62 bits per heavy atom. The molecule has 3 aromatic rings. The summed E-state index contributed by atoms with van der Waals surface area (Å²) in [6.45, 7) is 0.550. The SMILES string of the molecule is CC(=O)c1cn(CC(=O)N2C[C@H](F)C[C@H]2C(=O)NCc2cccc(Cl)c2F)c2cc(P(N)(N)=O)ccc12. The molecule has 0 bridgehead atoms. The Hall–Kier alpha value is -3.11. The van der Waals surface area contributed by atoms with Crippen molar-refractivity contribution in [2.45, 2.75) is 38.6 Å². The number of amides is 2. The molecular formula is C24H25ClF2N5O4P. The lowest BCUT2D eigenvalue weighted by atomic mass is 10.1. The molecule has 13 heteroatoms. The van der Waals surface area contributed by atoms with Gasteiger partial charge < -0.3 is 14.8 Å². The van der Waals surface area contributed by atoms with E-state index in [1.807, 2.05) is 0 Å². The van der Waals surface area contributed by atoms with Crippen molar-refractivity contribution < 1.29 is 27.7 Å². The molecular weight excluding hydrogens is 527 g/mol. The Bertz CT molecular complexity index is 1460. The van der Waals surface area contributed by atoms with Crippen molar-refractivity contribution in [2.75, 3.05) is 6.54 Å². The van der Waals surface area contributed by atoms with Crippen molar-refractivity contribution in [3.8, 4) is 0 Å². The van der Waals surface area contributed by atoms with Crippen molar-refractivity contribution in [3.63, 3.8) is 0 Å². The second-order valence-corrected chi connectivity index (χ2v) is 11.3. The number of alkyl halides is 1. The smallest absolute Gasteiger partial charge is 0.243 e. The number of hydrogen-bond donors (Lipinski definition) is 3. The van der Waals surface area contributed by atoms with Gasteiger partial charge in [0.15, 0.2) is 5.78 Å². The van der Waals surface area contributed by atoms with Gasteiger partial charge in [-0.25, -0.2) is 8.78 Å². The van der Waals surface area contributed by atoms with Gasteiger partial charge in [0.25, 0.3) is 0 Å². The Kier molecular flexibility index (Phi) is 7.52. The molecule has 196 valence electrons. The van der Waals surface area contributed by atoms with E-state index in [1.165, 1.54) is 48.0 Å². The fourth-order valence-electron chi connectivity index (χ4n) is 4.44. The summed E-state index contributed by atoms with van der Waals surface area (Å²) in [6, 6.07) is 7.71. The number of aromatic nitrogens is 1. The van der Waals surface area contributed by atoms with Crippen molar-refractivity contribution in [1.82, 2.24) is 14.8 Å². The summed E-state index contributed by atoms with van der Waals surface area (Å²) >= 11 is 5.77. The largest absolute Gasteiger partial charge is 0.350 e. The number of nitrogens with one attached hydrogen (secondary N) is 1. The summed E-state index contributed by atoms with van der Waals surface area (Å²) in [6.07, 6.45) is -0.176. The molecule has 2 amide bonds. The minimum absolute atomic E-state index is 0.0964. The number of benzene rings is 2. The predicted molar refractivity (Wildman–Crippen MR) is 136 cm³/mol. The molecule has 1 fully saturated rings. The first-order chi connectivity index (χ1) is 17.4. The molecule has 37 heavy (non-hydrogen) atoms. The van der Waals surface area contributed by atoms with Crippen molar-refractivity contribution in [1.29, 1.82) is 0 Å². The third-order valence-corrected chi connectivity index (χ3v) is 7.69. The summed E-state index contributed by atoms with van der Waals surface area (Å²) in [7, 11) is -3.61. The maximum absolute atomic E-state index is 14.3. The highest BCUT2D eigenvalue weighted by atomic mass is 35.5. The number of hydrogen-bond acceptors (Lipinski definition) is 4. The van der Waals surface area contributed by atoms with Crippen LogP contribution in [0.2, 0.25) is 5.02 Å². The zero-order valence-corrected chi connectivity index (χ0v) is 21.4. The molecule has 1 aromatic heterocycles. The summed E-state index contributed by atoms with van der Waals surface area (Å²) in [5.74, 6) is -2.14. The van der Waals surface area contributed by atoms with Crippen molar-refractivity contribution >= 4 is 52.8 Å². The van der Waals surface area contributed by atoms with Crippen LogP contribution in [-0.4, -0.2) is 45.8 Å². The topological polar surface area (TPSA) is 141 Å². The minimum atomic E-state index is -3.61. The van der Waals surface area contributed by atoms with E-state index < -0.39 is 37.3 Å². The van der Waals surface area contributed by atoms with Crippen LogP contribution in [0.1, 0.15) is 29.3 Å². The molecule has 1 saturated heterocycles. The Labute approximate surface area is 216 Å². The van der Waals surface area contributed by atoms with E-state index in [2.05, 4.69) is 5.32 Å². The molecule has 0 saturated carbocycles. The van der Waals surface area contributed by atoms with Gasteiger partial charge in [-0.2, -0.15) is 0 Å².